The van der Waals surface area contributed by atoms with Crippen LogP contribution < -0.4 is 10.6 Å². The molecule has 0 spiro atoms. The number of ether oxygens (including phenoxy) is 1. The minimum Gasteiger partial charge on any atom is -0.463 e. The first kappa shape index (κ1) is 19.3. The third-order valence-corrected chi connectivity index (χ3v) is 6.01. The summed E-state index contributed by atoms with van der Waals surface area (Å²) < 4.78 is 10.8. The largest absolute Gasteiger partial charge is 0.463 e. The molecule has 4 heterocycles. The third kappa shape index (κ3) is 4.49. The normalized spacial score (nSPS) is 18.9. The zero-order valence-electron chi connectivity index (χ0n) is 15.6. The van der Waals surface area contributed by atoms with Crippen molar-refractivity contribution in [2.45, 2.75) is 12.8 Å². The quantitative estimate of drug-likeness (QED) is 0.709. The van der Waals surface area contributed by atoms with Crippen molar-refractivity contribution in [3.05, 3.63) is 23.3 Å². The Labute approximate surface area is 167 Å². The Kier molecular flexibility index (Phi) is 6.16. The van der Waals surface area contributed by atoms with E-state index in [-0.39, 0.29) is 17.6 Å². The van der Waals surface area contributed by atoms with Crippen LogP contribution in [0, 0.1) is 5.92 Å². The number of amides is 1. The Morgan fingerprint density at radius 1 is 1.29 bits per heavy atom. The molecule has 0 bridgehead atoms. The molecule has 2 saturated heterocycles. The predicted octanol–water partition coefficient (Wildman–Crippen LogP) is 1.86. The number of carbonyl (C=O) groups is 2. The molecule has 0 unspecified atom stereocenters. The van der Waals surface area contributed by atoms with E-state index in [9.17, 15) is 9.59 Å². The Balaban J connectivity index is 1.51. The number of furan rings is 1. The fraction of sp³-hybridized carbons (Fsp3) is 0.526. The summed E-state index contributed by atoms with van der Waals surface area (Å²) in [6.45, 7) is 4.97. The fourth-order valence-corrected chi connectivity index (χ4v) is 4.50. The standard InChI is InChI=1S/C19H24N4O4S/c24-15(12-23-7-5-20-6-8-23)21-19-22-16(14-2-1-9-27-14)18(28-19)17(25)13-3-10-26-11-4-13/h1-2,9,13,20H,3-8,10-12H2,(H,21,22,24). The summed E-state index contributed by atoms with van der Waals surface area (Å²) >= 11 is 1.23. The number of piperazine rings is 1. The molecule has 0 saturated carbocycles. The number of hydrogen-bond acceptors (Lipinski definition) is 8. The zero-order chi connectivity index (χ0) is 19.3. The van der Waals surface area contributed by atoms with E-state index in [4.69, 9.17) is 9.15 Å². The molecule has 0 aliphatic carbocycles. The monoisotopic (exact) mass is 404 g/mol. The molecule has 1 amide bonds. The average Bonchev–Trinajstić information content (AvgIpc) is 3.38. The molecule has 2 aromatic heterocycles. The van der Waals surface area contributed by atoms with Gasteiger partial charge in [-0.2, -0.15) is 0 Å². The zero-order valence-corrected chi connectivity index (χ0v) is 16.4. The number of nitrogens with zero attached hydrogens (tertiary/aromatic N) is 2. The third-order valence-electron chi connectivity index (χ3n) is 5.02. The lowest BCUT2D eigenvalue weighted by atomic mass is 9.94. The van der Waals surface area contributed by atoms with Gasteiger partial charge >= 0.3 is 0 Å². The Morgan fingerprint density at radius 2 is 2.07 bits per heavy atom. The second-order valence-corrected chi connectivity index (χ2v) is 8.00. The first-order valence-corrected chi connectivity index (χ1v) is 10.4. The van der Waals surface area contributed by atoms with Crippen molar-refractivity contribution in [1.29, 1.82) is 0 Å². The van der Waals surface area contributed by atoms with Crippen molar-refractivity contribution in [1.82, 2.24) is 15.2 Å². The summed E-state index contributed by atoms with van der Waals surface area (Å²) in [5.74, 6) is 0.392. The van der Waals surface area contributed by atoms with Gasteiger partial charge in [0.15, 0.2) is 16.7 Å². The van der Waals surface area contributed by atoms with Gasteiger partial charge in [-0.25, -0.2) is 4.98 Å². The number of aromatic nitrogens is 1. The van der Waals surface area contributed by atoms with Crippen molar-refractivity contribution >= 4 is 28.2 Å². The molecule has 28 heavy (non-hydrogen) atoms. The van der Waals surface area contributed by atoms with Crippen LogP contribution in [0.3, 0.4) is 0 Å². The minimum absolute atomic E-state index is 0.0507. The van der Waals surface area contributed by atoms with Crippen molar-refractivity contribution < 1.29 is 18.7 Å². The van der Waals surface area contributed by atoms with Crippen LogP contribution in [0.15, 0.2) is 22.8 Å². The molecule has 0 radical (unpaired) electrons. The SMILES string of the molecule is O=C(CN1CCNCC1)Nc1nc(-c2ccco2)c(C(=O)C2CCOCC2)s1. The van der Waals surface area contributed by atoms with Gasteiger partial charge in [0.25, 0.3) is 0 Å². The lowest BCUT2D eigenvalue weighted by Crippen LogP contribution is -2.46. The molecule has 150 valence electrons. The lowest BCUT2D eigenvalue weighted by molar-refractivity contribution is -0.117. The van der Waals surface area contributed by atoms with Crippen LogP contribution in [0.1, 0.15) is 22.5 Å². The summed E-state index contributed by atoms with van der Waals surface area (Å²) in [6.07, 6.45) is 2.97. The lowest BCUT2D eigenvalue weighted by Gasteiger charge is -2.26. The van der Waals surface area contributed by atoms with Crippen LogP contribution in [0.5, 0.6) is 0 Å². The smallest absolute Gasteiger partial charge is 0.240 e. The van der Waals surface area contributed by atoms with Gasteiger partial charge in [0.05, 0.1) is 12.8 Å². The van der Waals surface area contributed by atoms with Crippen molar-refractivity contribution in [3.63, 3.8) is 0 Å². The van der Waals surface area contributed by atoms with E-state index in [2.05, 4.69) is 20.5 Å². The van der Waals surface area contributed by atoms with Gasteiger partial charge in [-0.05, 0) is 25.0 Å². The number of carbonyl (C=O) groups excluding carboxylic acids is 2. The fourth-order valence-electron chi connectivity index (χ4n) is 3.50. The summed E-state index contributed by atoms with van der Waals surface area (Å²) in [5.41, 5.74) is 0.504. The van der Waals surface area contributed by atoms with Crippen molar-refractivity contribution in [2.24, 2.45) is 5.92 Å². The second-order valence-electron chi connectivity index (χ2n) is 7.00. The number of Topliss-reactive ketones (excluding diaryl/α,β-unsaturated/α-hetero) is 1. The highest BCUT2D eigenvalue weighted by atomic mass is 32.1. The summed E-state index contributed by atoms with van der Waals surface area (Å²) in [6, 6.07) is 3.54. The van der Waals surface area contributed by atoms with E-state index in [1.165, 1.54) is 11.3 Å². The number of hydrogen-bond donors (Lipinski definition) is 2. The molecular weight excluding hydrogens is 380 g/mol. The molecular formula is C19H24N4O4S. The number of ketones is 1. The van der Waals surface area contributed by atoms with Crippen LogP contribution in [0.4, 0.5) is 5.13 Å². The van der Waals surface area contributed by atoms with Gasteiger partial charge in [-0.15, -0.1) is 0 Å². The molecule has 2 aromatic rings. The number of rotatable bonds is 6. The van der Waals surface area contributed by atoms with Crippen LogP contribution in [-0.4, -0.2) is 67.5 Å². The Bertz CT molecular complexity index is 808. The Morgan fingerprint density at radius 3 is 2.79 bits per heavy atom. The summed E-state index contributed by atoms with van der Waals surface area (Å²) in [5, 5.41) is 6.56. The maximum Gasteiger partial charge on any atom is 0.240 e. The molecule has 2 fully saturated rings. The Hall–Kier alpha value is -2.07. The molecule has 0 atom stereocenters. The number of nitrogens with one attached hydrogen (secondary N) is 2. The summed E-state index contributed by atoms with van der Waals surface area (Å²) in [7, 11) is 0. The van der Waals surface area contributed by atoms with E-state index < -0.39 is 0 Å². The first-order valence-electron chi connectivity index (χ1n) is 9.60. The van der Waals surface area contributed by atoms with Gasteiger partial charge in [-0.3, -0.25) is 14.5 Å². The van der Waals surface area contributed by atoms with Gasteiger partial charge in [-0.1, -0.05) is 11.3 Å². The molecule has 2 N–H and O–H groups in total. The van der Waals surface area contributed by atoms with Gasteiger partial charge in [0, 0.05) is 45.3 Å². The highest BCUT2D eigenvalue weighted by Crippen LogP contribution is 2.35. The van der Waals surface area contributed by atoms with Crippen LogP contribution in [0.25, 0.3) is 11.5 Å². The minimum atomic E-state index is -0.119. The molecule has 2 aliphatic rings. The van der Waals surface area contributed by atoms with E-state index in [0.717, 1.165) is 26.2 Å². The number of thiazole rings is 1. The van der Waals surface area contributed by atoms with Crippen molar-refractivity contribution in [3.8, 4) is 11.5 Å². The second kappa shape index (κ2) is 8.95. The van der Waals surface area contributed by atoms with Crippen LogP contribution >= 0.6 is 11.3 Å². The number of anilines is 1. The molecule has 9 heteroatoms. The van der Waals surface area contributed by atoms with E-state index in [1.807, 2.05) is 0 Å². The van der Waals surface area contributed by atoms with E-state index in [1.54, 1.807) is 18.4 Å². The van der Waals surface area contributed by atoms with Crippen LogP contribution in [-0.2, 0) is 9.53 Å². The van der Waals surface area contributed by atoms with Gasteiger partial charge in [0.1, 0.15) is 10.6 Å². The molecule has 2 aliphatic heterocycles. The highest BCUT2D eigenvalue weighted by molar-refractivity contribution is 7.18. The topological polar surface area (TPSA) is 96.7 Å². The molecule has 8 nitrogen and oxygen atoms in total. The van der Waals surface area contributed by atoms with E-state index in [0.29, 0.717) is 54.1 Å². The maximum atomic E-state index is 13.1. The molecule has 0 aromatic carbocycles. The van der Waals surface area contributed by atoms with E-state index >= 15 is 0 Å². The predicted molar refractivity (Wildman–Crippen MR) is 106 cm³/mol. The average molecular weight is 404 g/mol. The first-order chi connectivity index (χ1) is 13.7. The van der Waals surface area contributed by atoms with Gasteiger partial charge in [0.2, 0.25) is 5.91 Å². The van der Waals surface area contributed by atoms with Crippen LogP contribution in [0.2, 0.25) is 0 Å². The van der Waals surface area contributed by atoms with Crippen molar-refractivity contribution in [2.75, 3.05) is 51.3 Å². The summed E-state index contributed by atoms with van der Waals surface area (Å²) in [4.78, 5) is 32.7. The maximum absolute atomic E-state index is 13.1. The highest BCUT2D eigenvalue weighted by Gasteiger charge is 2.29. The molecule has 4 rings (SSSR count). The van der Waals surface area contributed by atoms with Gasteiger partial charge < -0.3 is 19.8 Å².